The molecule has 0 unspecified atom stereocenters. The first-order chi connectivity index (χ1) is 24.1. The van der Waals surface area contributed by atoms with Gasteiger partial charge in [0.2, 0.25) is 11.8 Å². The molecule has 0 fully saturated rings. The van der Waals surface area contributed by atoms with Gasteiger partial charge >= 0.3 is 24.4 Å². The first-order valence-corrected chi connectivity index (χ1v) is 17.6. The molecule has 0 aliphatic heterocycles. The molecule has 0 bridgehead atoms. The predicted molar refractivity (Wildman–Crippen MR) is 194 cm³/mol. The highest BCUT2D eigenvalue weighted by atomic mass is 16.6. The SMILES string of the molecule is CC(C)(C)OC(=O)NCCC[C@@H](CC(=O)NCCNC(=O)OC(C)(C)C)NC(=O)[C@H](CCCNC(=O)OC(C)(C)C)NC(=O)OCc1ccccc1. The maximum absolute atomic E-state index is 13.6. The number of rotatable bonds is 18. The Morgan fingerprint density at radius 3 is 1.54 bits per heavy atom. The minimum absolute atomic E-state index is 0.0164. The maximum Gasteiger partial charge on any atom is 0.408 e. The van der Waals surface area contributed by atoms with Gasteiger partial charge in [0.05, 0.1) is 0 Å². The summed E-state index contributed by atoms with van der Waals surface area (Å²) in [7, 11) is 0. The predicted octanol–water partition coefficient (Wildman–Crippen LogP) is 4.41. The fraction of sp³-hybridized carbons (Fsp3) is 0.667. The zero-order valence-corrected chi connectivity index (χ0v) is 32.2. The van der Waals surface area contributed by atoms with Crippen LogP contribution in [-0.2, 0) is 35.1 Å². The van der Waals surface area contributed by atoms with Gasteiger partial charge in [-0.3, -0.25) is 9.59 Å². The molecule has 2 atom stereocenters. The van der Waals surface area contributed by atoms with Gasteiger partial charge < -0.3 is 50.8 Å². The Hall–Kier alpha value is -4.76. The fourth-order valence-corrected chi connectivity index (χ4v) is 4.34. The van der Waals surface area contributed by atoms with Gasteiger partial charge in [0.25, 0.3) is 0 Å². The molecule has 0 heterocycles. The van der Waals surface area contributed by atoms with Crippen molar-refractivity contribution in [3.63, 3.8) is 0 Å². The van der Waals surface area contributed by atoms with Crippen LogP contribution in [0.3, 0.4) is 0 Å². The summed E-state index contributed by atoms with van der Waals surface area (Å²) in [5.74, 6) is -0.969. The van der Waals surface area contributed by atoms with E-state index in [1.54, 1.807) is 86.6 Å². The Morgan fingerprint density at radius 2 is 1.04 bits per heavy atom. The van der Waals surface area contributed by atoms with Gasteiger partial charge in [-0.05, 0) is 93.6 Å². The van der Waals surface area contributed by atoms with Gasteiger partial charge in [0.15, 0.2) is 0 Å². The van der Waals surface area contributed by atoms with E-state index in [1.165, 1.54) is 0 Å². The number of amides is 6. The topological polar surface area (TPSA) is 212 Å². The normalized spacial score (nSPS) is 12.6. The quantitative estimate of drug-likeness (QED) is 0.0923. The number of nitrogens with one attached hydrogen (secondary N) is 6. The molecule has 52 heavy (non-hydrogen) atoms. The van der Waals surface area contributed by atoms with E-state index in [2.05, 4.69) is 31.9 Å². The molecule has 16 heteroatoms. The van der Waals surface area contributed by atoms with Crippen LogP contribution in [0, 0.1) is 0 Å². The lowest BCUT2D eigenvalue weighted by Crippen LogP contribution is -2.51. The third-order valence-corrected chi connectivity index (χ3v) is 6.45. The van der Waals surface area contributed by atoms with Crippen LogP contribution in [-0.4, -0.2) is 91.3 Å². The minimum Gasteiger partial charge on any atom is -0.445 e. The van der Waals surface area contributed by atoms with Crippen LogP contribution < -0.4 is 31.9 Å². The lowest BCUT2D eigenvalue weighted by Gasteiger charge is -2.24. The Kier molecular flexibility index (Phi) is 19.4. The fourth-order valence-electron chi connectivity index (χ4n) is 4.34. The zero-order chi connectivity index (χ0) is 39.4. The molecule has 16 nitrogen and oxygen atoms in total. The smallest absolute Gasteiger partial charge is 0.408 e. The van der Waals surface area contributed by atoms with E-state index in [-0.39, 0.29) is 52.0 Å². The number of carbonyl (C=O) groups is 6. The highest BCUT2D eigenvalue weighted by Crippen LogP contribution is 2.10. The van der Waals surface area contributed by atoms with Crippen LogP contribution in [0.25, 0.3) is 0 Å². The molecule has 0 saturated heterocycles. The summed E-state index contributed by atoms with van der Waals surface area (Å²) in [4.78, 5) is 75.4. The van der Waals surface area contributed by atoms with Crippen molar-refractivity contribution >= 4 is 36.2 Å². The van der Waals surface area contributed by atoms with E-state index in [1.807, 2.05) is 6.07 Å². The number of alkyl carbamates (subject to hydrolysis) is 4. The average molecular weight is 737 g/mol. The van der Waals surface area contributed by atoms with Gasteiger partial charge in [-0.25, -0.2) is 19.2 Å². The first-order valence-electron chi connectivity index (χ1n) is 17.6. The van der Waals surface area contributed by atoms with Crippen molar-refractivity contribution in [1.82, 2.24) is 31.9 Å². The van der Waals surface area contributed by atoms with Crippen molar-refractivity contribution < 1.29 is 47.7 Å². The van der Waals surface area contributed by atoms with Gasteiger partial charge in [-0.15, -0.1) is 0 Å². The summed E-state index contributed by atoms with van der Waals surface area (Å²) < 4.78 is 21.0. The van der Waals surface area contributed by atoms with E-state index >= 15 is 0 Å². The zero-order valence-electron chi connectivity index (χ0n) is 32.2. The molecule has 294 valence electrons. The van der Waals surface area contributed by atoms with Gasteiger partial charge in [-0.2, -0.15) is 0 Å². The number of ether oxygens (including phenoxy) is 4. The van der Waals surface area contributed by atoms with Gasteiger partial charge in [0.1, 0.15) is 29.5 Å². The minimum atomic E-state index is -1.08. The number of carbonyl (C=O) groups excluding carboxylic acids is 6. The Labute approximate surface area is 307 Å². The molecule has 0 spiro atoms. The Bertz CT molecular complexity index is 1290. The summed E-state index contributed by atoms with van der Waals surface area (Å²) in [6, 6.07) is 7.26. The number of hydrogen-bond donors (Lipinski definition) is 6. The van der Waals surface area contributed by atoms with Crippen LogP contribution in [0.15, 0.2) is 30.3 Å². The third-order valence-electron chi connectivity index (χ3n) is 6.45. The summed E-state index contributed by atoms with van der Waals surface area (Å²) in [5, 5.41) is 16.0. The van der Waals surface area contributed by atoms with E-state index < -0.39 is 65.1 Å². The summed E-state index contributed by atoms with van der Waals surface area (Å²) in [6.07, 6.45) is -1.69. The van der Waals surface area contributed by atoms with Crippen molar-refractivity contribution in [1.29, 1.82) is 0 Å². The van der Waals surface area contributed by atoms with E-state index in [9.17, 15) is 28.8 Å². The van der Waals surface area contributed by atoms with Gasteiger partial charge in [-0.1, -0.05) is 30.3 Å². The maximum atomic E-state index is 13.6. The van der Waals surface area contributed by atoms with Crippen LogP contribution in [0.5, 0.6) is 0 Å². The van der Waals surface area contributed by atoms with Crippen LogP contribution in [0.1, 0.15) is 100.0 Å². The van der Waals surface area contributed by atoms with Crippen LogP contribution in [0.4, 0.5) is 19.2 Å². The van der Waals surface area contributed by atoms with E-state index in [0.29, 0.717) is 12.8 Å². The highest BCUT2D eigenvalue weighted by Gasteiger charge is 2.26. The van der Waals surface area contributed by atoms with E-state index in [4.69, 9.17) is 18.9 Å². The lowest BCUT2D eigenvalue weighted by molar-refractivity contribution is -0.125. The largest absolute Gasteiger partial charge is 0.445 e. The van der Waals surface area contributed by atoms with Gasteiger partial charge in [0, 0.05) is 38.6 Å². The standard InChI is InChI=1S/C36H60N6O10/c1-34(2,3)50-30(45)38-19-13-17-26(23-28(43)37-21-22-40-32(47)52-36(7,8)9)41-29(44)27(18-14-20-39-31(46)51-35(4,5)6)42-33(48)49-24-25-15-11-10-12-16-25/h10-12,15-16,26-27H,13-14,17-24H2,1-9H3,(H,37,43)(H,38,45)(H,39,46)(H,40,47)(H,41,44)(H,42,48)/t26-,27-/m0/s1. The second-order valence-corrected chi connectivity index (χ2v) is 15.1. The van der Waals surface area contributed by atoms with Crippen molar-refractivity contribution in [2.24, 2.45) is 0 Å². The molecule has 0 radical (unpaired) electrons. The molecule has 1 aromatic carbocycles. The lowest BCUT2D eigenvalue weighted by atomic mass is 10.0. The monoisotopic (exact) mass is 736 g/mol. The Morgan fingerprint density at radius 1 is 0.577 bits per heavy atom. The summed E-state index contributed by atoms with van der Waals surface area (Å²) in [5.41, 5.74) is -1.28. The molecule has 1 rings (SSSR count). The Balaban J connectivity index is 2.94. The average Bonchev–Trinajstić information content (AvgIpc) is 2.99. The second-order valence-electron chi connectivity index (χ2n) is 15.1. The molecular weight excluding hydrogens is 676 g/mol. The van der Waals surface area contributed by atoms with E-state index in [0.717, 1.165) is 5.56 Å². The third kappa shape index (κ3) is 24.4. The van der Waals surface area contributed by atoms with Crippen LogP contribution in [0.2, 0.25) is 0 Å². The second kappa shape index (κ2) is 22.2. The number of hydrogen-bond acceptors (Lipinski definition) is 10. The molecule has 0 aliphatic rings. The number of benzene rings is 1. The molecule has 6 N–H and O–H groups in total. The first kappa shape index (κ1) is 45.3. The summed E-state index contributed by atoms with van der Waals surface area (Å²) >= 11 is 0. The highest BCUT2D eigenvalue weighted by molar-refractivity contribution is 5.86. The van der Waals surface area contributed by atoms with Crippen molar-refractivity contribution in [3.05, 3.63) is 35.9 Å². The molecular formula is C36H60N6O10. The van der Waals surface area contributed by atoms with Crippen molar-refractivity contribution in [2.45, 2.75) is 130 Å². The van der Waals surface area contributed by atoms with Crippen molar-refractivity contribution in [2.75, 3.05) is 26.2 Å². The van der Waals surface area contributed by atoms with Crippen molar-refractivity contribution in [3.8, 4) is 0 Å². The molecule has 0 saturated carbocycles. The summed E-state index contributed by atoms with van der Waals surface area (Å²) in [6.45, 7) is 16.3. The van der Waals surface area contributed by atoms with Crippen LogP contribution >= 0.6 is 0 Å². The molecule has 0 aromatic heterocycles. The molecule has 6 amide bonds. The molecule has 1 aromatic rings. The molecule has 0 aliphatic carbocycles.